The Kier molecular flexibility index (Phi) is 21.9. The fourth-order valence-electron chi connectivity index (χ4n) is 5.87. The van der Waals surface area contributed by atoms with Crippen molar-refractivity contribution in [3.63, 3.8) is 0 Å². The fraction of sp³-hybridized carbons (Fsp3) is 0.200. The highest BCUT2D eigenvalue weighted by Crippen LogP contribution is 2.40. The first-order chi connectivity index (χ1) is 27.3. The number of benzene rings is 4. The smallest absolute Gasteiger partial charge is 0.0430 e. The van der Waals surface area contributed by atoms with Crippen molar-refractivity contribution in [2.45, 2.75) is 68.2 Å². The second-order valence-corrected chi connectivity index (χ2v) is 13.9. The maximum absolute atomic E-state index is 4.51. The number of rotatable bonds is 13. The molecular formula is C55H64S. The van der Waals surface area contributed by atoms with Crippen LogP contribution in [0.3, 0.4) is 0 Å². The number of fused-ring (bicyclic) bond motifs is 1. The first-order valence-electron chi connectivity index (χ1n) is 20.0. The summed E-state index contributed by atoms with van der Waals surface area (Å²) in [6.45, 7) is 33.0. The largest absolute Gasteiger partial charge is 0.135 e. The Hall–Kier alpha value is -5.50. The topological polar surface area (TPSA) is 0 Å². The zero-order valence-electron chi connectivity index (χ0n) is 35.3. The van der Waals surface area contributed by atoms with Crippen LogP contribution < -0.4 is 0 Å². The summed E-state index contributed by atoms with van der Waals surface area (Å²) >= 11 is 1.84. The third-order valence-corrected chi connectivity index (χ3v) is 9.81. The number of hydrogen-bond acceptors (Lipinski definition) is 1. The van der Waals surface area contributed by atoms with Gasteiger partial charge in [-0.05, 0) is 101 Å². The third kappa shape index (κ3) is 13.7. The van der Waals surface area contributed by atoms with E-state index >= 15 is 0 Å². The van der Waals surface area contributed by atoms with Crippen LogP contribution >= 0.6 is 11.3 Å². The van der Waals surface area contributed by atoms with Crippen LogP contribution in [0.4, 0.5) is 0 Å². The van der Waals surface area contributed by atoms with E-state index in [0.29, 0.717) is 0 Å². The third-order valence-electron chi connectivity index (χ3n) is 8.59. The van der Waals surface area contributed by atoms with Gasteiger partial charge in [-0.25, -0.2) is 0 Å². The predicted octanol–water partition coefficient (Wildman–Crippen LogP) is 17.8. The van der Waals surface area contributed by atoms with Gasteiger partial charge in [0.15, 0.2) is 0 Å². The van der Waals surface area contributed by atoms with E-state index < -0.39 is 0 Å². The van der Waals surface area contributed by atoms with Gasteiger partial charge in [-0.1, -0.05) is 214 Å². The normalized spacial score (nSPS) is 11.9. The van der Waals surface area contributed by atoms with Crippen molar-refractivity contribution in [2.24, 2.45) is 5.92 Å². The molecule has 4 aromatic carbocycles. The molecule has 0 N–H and O–H groups in total. The van der Waals surface area contributed by atoms with Crippen LogP contribution in [0.15, 0.2) is 178 Å². The molecule has 1 atom stereocenters. The SMILES string of the molecule is C=C/C=C(\C=C/C)c1cc(C(=C)C(C)/C=C\C=C/C)cc(-c2ccc(/C(=C/CC)c3sc4ccccc4c3C=C)cc2)c1.C=Cc1ccccc1.CC.CCC. The van der Waals surface area contributed by atoms with Crippen molar-refractivity contribution in [3.05, 3.63) is 211 Å². The quantitative estimate of drug-likeness (QED) is 0.105. The predicted molar refractivity (Wildman–Crippen MR) is 260 cm³/mol. The van der Waals surface area contributed by atoms with Gasteiger partial charge in [0.05, 0.1) is 0 Å². The Morgan fingerprint density at radius 2 is 1.36 bits per heavy atom. The zero-order valence-corrected chi connectivity index (χ0v) is 36.1. The minimum absolute atomic E-state index is 0.206. The van der Waals surface area contributed by atoms with Crippen molar-refractivity contribution >= 4 is 50.3 Å². The van der Waals surface area contributed by atoms with Crippen molar-refractivity contribution < 1.29 is 0 Å². The molecule has 0 saturated heterocycles. The molecule has 0 nitrogen and oxygen atoms in total. The van der Waals surface area contributed by atoms with Gasteiger partial charge in [0.1, 0.15) is 0 Å². The first kappa shape index (κ1) is 46.7. The lowest BCUT2D eigenvalue weighted by Crippen LogP contribution is -1.97. The van der Waals surface area contributed by atoms with Crippen molar-refractivity contribution in [1.82, 2.24) is 0 Å². The molecule has 0 bridgehead atoms. The Morgan fingerprint density at radius 1 is 0.714 bits per heavy atom. The lowest BCUT2D eigenvalue weighted by atomic mass is 9.88. The van der Waals surface area contributed by atoms with Crippen LogP contribution in [0.1, 0.15) is 101 Å². The summed E-state index contributed by atoms with van der Waals surface area (Å²) in [5.74, 6) is 0.206. The molecule has 5 rings (SSSR count). The van der Waals surface area contributed by atoms with Gasteiger partial charge in [-0.2, -0.15) is 0 Å². The minimum Gasteiger partial charge on any atom is -0.135 e. The first-order valence-corrected chi connectivity index (χ1v) is 20.8. The molecule has 0 fully saturated rings. The summed E-state index contributed by atoms with van der Waals surface area (Å²) in [5.41, 5.74) is 11.7. The Labute approximate surface area is 344 Å². The van der Waals surface area contributed by atoms with Gasteiger partial charge in [0.2, 0.25) is 0 Å². The van der Waals surface area contributed by atoms with Gasteiger partial charge in [0, 0.05) is 20.5 Å². The second kappa shape index (κ2) is 26.3. The lowest BCUT2D eigenvalue weighted by Gasteiger charge is -2.16. The Balaban J connectivity index is 0.000000715. The molecule has 0 aliphatic heterocycles. The maximum Gasteiger partial charge on any atom is 0.0430 e. The van der Waals surface area contributed by atoms with Crippen molar-refractivity contribution in [2.75, 3.05) is 0 Å². The monoisotopic (exact) mass is 756 g/mol. The van der Waals surface area contributed by atoms with E-state index in [9.17, 15) is 0 Å². The van der Waals surface area contributed by atoms with Gasteiger partial charge in [0.25, 0.3) is 0 Å². The van der Waals surface area contributed by atoms with Crippen LogP contribution in [0, 0.1) is 5.92 Å². The highest BCUT2D eigenvalue weighted by molar-refractivity contribution is 7.20. The highest BCUT2D eigenvalue weighted by atomic mass is 32.1. The summed E-state index contributed by atoms with van der Waals surface area (Å²) in [6.07, 6.45) is 24.9. The molecule has 0 spiro atoms. The average molecular weight is 757 g/mol. The molecule has 56 heavy (non-hydrogen) atoms. The number of thiophene rings is 1. The van der Waals surface area contributed by atoms with Crippen molar-refractivity contribution in [3.8, 4) is 11.1 Å². The van der Waals surface area contributed by atoms with E-state index in [0.717, 1.165) is 28.7 Å². The molecule has 0 saturated carbocycles. The van der Waals surface area contributed by atoms with E-state index in [4.69, 9.17) is 0 Å². The molecule has 0 aliphatic carbocycles. The Morgan fingerprint density at radius 3 is 1.93 bits per heavy atom. The van der Waals surface area contributed by atoms with Crippen LogP contribution in [0.5, 0.6) is 0 Å². The summed E-state index contributed by atoms with van der Waals surface area (Å²) in [4.78, 5) is 1.27. The van der Waals surface area contributed by atoms with Gasteiger partial charge in [-0.3, -0.25) is 0 Å². The van der Waals surface area contributed by atoms with Crippen LogP contribution in [-0.2, 0) is 0 Å². The van der Waals surface area contributed by atoms with Crippen molar-refractivity contribution in [1.29, 1.82) is 0 Å². The van der Waals surface area contributed by atoms with Gasteiger partial charge < -0.3 is 0 Å². The van der Waals surface area contributed by atoms with Gasteiger partial charge >= 0.3 is 0 Å². The summed E-state index contributed by atoms with van der Waals surface area (Å²) < 4.78 is 1.29. The number of allylic oxidation sites excluding steroid dienone is 11. The van der Waals surface area contributed by atoms with E-state index in [1.165, 1.54) is 54.8 Å². The van der Waals surface area contributed by atoms with E-state index in [-0.39, 0.29) is 5.92 Å². The molecule has 1 heterocycles. The van der Waals surface area contributed by atoms with Crippen LogP contribution in [0.25, 0.3) is 50.1 Å². The fourth-order valence-corrected chi connectivity index (χ4v) is 7.14. The summed E-state index contributed by atoms with van der Waals surface area (Å²) in [7, 11) is 0. The van der Waals surface area contributed by atoms with Crippen LogP contribution in [0.2, 0.25) is 0 Å². The molecule has 0 aliphatic rings. The lowest BCUT2D eigenvalue weighted by molar-refractivity contribution is 0.967. The minimum atomic E-state index is 0.206. The molecule has 290 valence electrons. The molecule has 1 unspecified atom stereocenters. The van der Waals surface area contributed by atoms with E-state index in [1.807, 2.05) is 93.7 Å². The molecule has 0 amide bonds. The Bertz CT molecular complexity index is 2120. The maximum atomic E-state index is 4.51. The standard InChI is InChI=1S/C42H42S.C8H8.C3H8.C2H6/c1-8-13-14-20-30(6)31(7)35-27-36(32(17-9-2)18-10-3)29-37(28-35)33-23-25-34(26-24-33)39(19-11-4)42-38(12-5)40-21-15-16-22-41(40)43-42;1-2-8-6-4-3-5-7-8;1-3-2;1-2/h8-10,12-30H,2,5,7,11H2,1,3-4,6H3;2-7H,1H2;3H2,1-2H3;1-2H3/b13-8-,18-10-,20-14-,32-17+,39-19-;;;. The average Bonchev–Trinajstić information content (AvgIpc) is 3.62. The van der Waals surface area contributed by atoms with E-state index in [2.05, 4.69) is 163 Å². The molecule has 5 aromatic rings. The van der Waals surface area contributed by atoms with Gasteiger partial charge in [-0.15, -0.1) is 11.3 Å². The number of hydrogen-bond donors (Lipinski definition) is 0. The molecular weight excluding hydrogens is 693 g/mol. The molecule has 1 aromatic heterocycles. The summed E-state index contributed by atoms with van der Waals surface area (Å²) in [6, 6.07) is 34.4. The van der Waals surface area contributed by atoms with Crippen LogP contribution in [-0.4, -0.2) is 0 Å². The summed E-state index contributed by atoms with van der Waals surface area (Å²) in [5, 5.41) is 1.26. The highest BCUT2D eigenvalue weighted by Gasteiger charge is 2.16. The molecule has 1 heteroatoms. The second-order valence-electron chi connectivity index (χ2n) is 12.9. The van der Waals surface area contributed by atoms with E-state index in [1.54, 1.807) is 0 Å². The zero-order chi connectivity index (χ0) is 41.3. The molecule has 0 radical (unpaired) electrons.